The summed E-state index contributed by atoms with van der Waals surface area (Å²) in [4.78, 5) is 12.0. The molecule has 1 heterocycles. The van der Waals surface area contributed by atoms with E-state index in [1.807, 2.05) is 71.4 Å². The highest BCUT2D eigenvalue weighted by atomic mass is 79.9. The van der Waals surface area contributed by atoms with E-state index in [2.05, 4.69) is 15.9 Å². The first-order chi connectivity index (χ1) is 16.0. The summed E-state index contributed by atoms with van der Waals surface area (Å²) in [5.41, 5.74) is 4.98. The van der Waals surface area contributed by atoms with Crippen molar-refractivity contribution in [3.05, 3.63) is 88.4 Å². The molecule has 0 N–H and O–H groups in total. The maximum Gasteiger partial charge on any atom is 0.337 e. The number of ether oxygens (including phenoxy) is 3. The molecule has 33 heavy (non-hydrogen) atoms. The number of carbonyl (C=O) groups excluding carboxylic acids is 1. The number of esters is 1. The molecule has 0 bridgehead atoms. The van der Waals surface area contributed by atoms with Gasteiger partial charge in [0.05, 0.1) is 43.6 Å². The standard InChI is InChI=1S/C26H23BrN2O4/c1-31-21-11-5-8-18(14-21)24-23(27)25(19-9-6-12-22(15-19)32-2)29(28-24)16-17-7-4-10-20(13-17)26(30)33-3/h4-15H,16H2,1-3H3. The minimum absolute atomic E-state index is 0.372. The molecule has 168 valence electrons. The van der Waals surface area contributed by atoms with Crippen molar-refractivity contribution in [3.8, 4) is 34.0 Å². The first-order valence-corrected chi connectivity index (χ1v) is 11.1. The number of halogens is 1. The summed E-state index contributed by atoms with van der Waals surface area (Å²) < 4.78 is 18.5. The lowest BCUT2D eigenvalue weighted by atomic mass is 10.1. The molecule has 0 fully saturated rings. The second-order valence-electron chi connectivity index (χ2n) is 7.32. The number of carbonyl (C=O) groups is 1. The molecule has 4 rings (SSSR count). The Morgan fingerprint density at radius 1 is 0.879 bits per heavy atom. The average Bonchev–Trinajstić information content (AvgIpc) is 3.19. The van der Waals surface area contributed by atoms with Gasteiger partial charge in [0.1, 0.15) is 17.2 Å². The summed E-state index contributed by atoms with van der Waals surface area (Å²) in [6, 6.07) is 23.0. The third-order valence-electron chi connectivity index (χ3n) is 5.26. The van der Waals surface area contributed by atoms with Gasteiger partial charge < -0.3 is 14.2 Å². The molecule has 4 aromatic rings. The van der Waals surface area contributed by atoms with Gasteiger partial charge in [-0.15, -0.1) is 0 Å². The maximum absolute atomic E-state index is 12.0. The predicted octanol–water partition coefficient (Wildman–Crippen LogP) is 5.83. The molecule has 0 amide bonds. The van der Waals surface area contributed by atoms with Gasteiger partial charge in [-0.1, -0.05) is 36.4 Å². The fourth-order valence-electron chi connectivity index (χ4n) is 3.64. The molecule has 0 aliphatic rings. The van der Waals surface area contributed by atoms with Crippen LogP contribution in [0.5, 0.6) is 11.5 Å². The van der Waals surface area contributed by atoms with E-state index in [1.165, 1.54) is 7.11 Å². The van der Waals surface area contributed by atoms with Crippen LogP contribution in [0.15, 0.2) is 77.3 Å². The first kappa shape index (κ1) is 22.6. The van der Waals surface area contributed by atoms with Crippen LogP contribution in [0.2, 0.25) is 0 Å². The topological polar surface area (TPSA) is 62.6 Å². The van der Waals surface area contributed by atoms with Crippen LogP contribution >= 0.6 is 15.9 Å². The molecule has 0 saturated carbocycles. The van der Waals surface area contributed by atoms with Crippen molar-refractivity contribution in [2.75, 3.05) is 21.3 Å². The van der Waals surface area contributed by atoms with Crippen LogP contribution in [0.3, 0.4) is 0 Å². The molecule has 0 unspecified atom stereocenters. The third kappa shape index (κ3) is 4.78. The highest BCUT2D eigenvalue weighted by Crippen LogP contribution is 2.38. The van der Waals surface area contributed by atoms with Gasteiger partial charge in [-0.05, 0) is 57.9 Å². The molecule has 3 aromatic carbocycles. The van der Waals surface area contributed by atoms with Gasteiger partial charge in [-0.25, -0.2) is 4.79 Å². The zero-order valence-electron chi connectivity index (χ0n) is 18.5. The molecule has 6 nitrogen and oxygen atoms in total. The van der Waals surface area contributed by atoms with E-state index in [9.17, 15) is 4.79 Å². The fourth-order valence-corrected chi connectivity index (χ4v) is 4.38. The lowest BCUT2D eigenvalue weighted by Gasteiger charge is -2.10. The van der Waals surface area contributed by atoms with Crippen LogP contribution in [0.4, 0.5) is 0 Å². The Labute approximate surface area is 200 Å². The quantitative estimate of drug-likeness (QED) is 0.295. The van der Waals surface area contributed by atoms with E-state index in [0.29, 0.717) is 12.1 Å². The number of rotatable bonds is 7. The normalized spacial score (nSPS) is 10.7. The number of benzene rings is 3. The van der Waals surface area contributed by atoms with Crippen LogP contribution in [0, 0.1) is 0 Å². The van der Waals surface area contributed by atoms with Crippen molar-refractivity contribution in [3.63, 3.8) is 0 Å². The van der Waals surface area contributed by atoms with Crippen molar-refractivity contribution >= 4 is 21.9 Å². The minimum atomic E-state index is -0.372. The Balaban J connectivity index is 1.85. The van der Waals surface area contributed by atoms with Gasteiger partial charge in [-0.3, -0.25) is 4.68 Å². The van der Waals surface area contributed by atoms with E-state index < -0.39 is 0 Å². The highest BCUT2D eigenvalue weighted by molar-refractivity contribution is 9.10. The van der Waals surface area contributed by atoms with Crippen LogP contribution in [0.1, 0.15) is 15.9 Å². The summed E-state index contributed by atoms with van der Waals surface area (Å²) >= 11 is 3.79. The number of aromatic nitrogens is 2. The predicted molar refractivity (Wildman–Crippen MR) is 131 cm³/mol. The molecule has 0 atom stereocenters. The van der Waals surface area contributed by atoms with E-state index in [0.717, 1.165) is 44.0 Å². The summed E-state index contributed by atoms with van der Waals surface area (Å²) in [6.45, 7) is 0.458. The van der Waals surface area contributed by atoms with Crippen molar-refractivity contribution in [1.29, 1.82) is 0 Å². The molecular formula is C26H23BrN2O4. The molecule has 7 heteroatoms. The largest absolute Gasteiger partial charge is 0.497 e. The number of hydrogen-bond donors (Lipinski definition) is 0. The number of hydrogen-bond acceptors (Lipinski definition) is 5. The fraction of sp³-hybridized carbons (Fsp3) is 0.154. The average molecular weight is 507 g/mol. The van der Waals surface area contributed by atoms with E-state index in [1.54, 1.807) is 20.3 Å². The van der Waals surface area contributed by atoms with Crippen LogP contribution in [-0.4, -0.2) is 37.1 Å². The van der Waals surface area contributed by atoms with Crippen molar-refractivity contribution in [2.24, 2.45) is 0 Å². The second-order valence-corrected chi connectivity index (χ2v) is 8.12. The Bertz CT molecular complexity index is 1300. The van der Waals surface area contributed by atoms with Gasteiger partial charge in [0, 0.05) is 11.1 Å². The van der Waals surface area contributed by atoms with Crippen LogP contribution in [0.25, 0.3) is 22.5 Å². The van der Waals surface area contributed by atoms with Crippen molar-refractivity contribution < 1.29 is 19.0 Å². The minimum Gasteiger partial charge on any atom is -0.497 e. The molecule has 0 saturated heterocycles. The SMILES string of the molecule is COC(=O)c1cccc(Cn2nc(-c3cccc(OC)c3)c(Br)c2-c2cccc(OC)c2)c1. The van der Waals surface area contributed by atoms with E-state index in [4.69, 9.17) is 19.3 Å². The smallest absolute Gasteiger partial charge is 0.337 e. The van der Waals surface area contributed by atoms with E-state index >= 15 is 0 Å². The third-order valence-corrected chi connectivity index (χ3v) is 6.01. The van der Waals surface area contributed by atoms with Crippen molar-refractivity contribution in [1.82, 2.24) is 9.78 Å². The molecule has 0 radical (unpaired) electrons. The monoisotopic (exact) mass is 506 g/mol. The molecular weight excluding hydrogens is 484 g/mol. The highest BCUT2D eigenvalue weighted by Gasteiger charge is 2.20. The lowest BCUT2D eigenvalue weighted by molar-refractivity contribution is 0.0600. The lowest BCUT2D eigenvalue weighted by Crippen LogP contribution is -2.06. The Kier molecular flexibility index (Phi) is 6.79. The molecule has 0 aliphatic heterocycles. The molecule has 0 aliphatic carbocycles. The zero-order valence-corrected chi connectivity index (χ0v) is 20.1. The van der Waals surface area contributed by atoms with Crippen LogP contribution in [-0.2, 0) is 11.3 Å². The second kappa shape index (κ2) is 9.92. The first-order valence-electron chi connectivity index (χ1n) is 10.3. The zero-order chi connectivity index (χ0) is 23.4. The molecule has 0 spiro atoms. The Hall–Kier alpha value is -3.58. The Morgan fingerprint density at radius 2 is 1.52 bits per heavy atom. The summed E-state index contributed by atoms with van der Waals surface area (Å²) in [7, 11) is 4.66. The number of nitrogens with zero attached hydrogens (tertiary/aromatic N) is 2. The van der Waals surface area contributed by atoms with Gasteiger partial charge in [-0.2, -0.15) is 5.10 Å². The van der Waals surface area contributed by atoms with Gasteiger partial charge in [0.2, 0.25) is 0 Å². The van der Waals surface area contributed by atoms with Gasteiger partial charge in [0.15, 0.2) is 0 Å². The maximum atomic E-state index is 12.0. The molecule has 1 aromatic heterocycles. The summed E-state index contributed by atoms with van der Waals surface area (Å²) in [5.74, 6) is 1.13. The summed E-state index contributed by atoms with van der Waals surface area (Å²) in [5, 5.41) is 4.93. The Morgan fingerprint density at radius 3 is 2.18 bits per heavy atom. The van der Waals surface area contributed by atoms with Crippen molar-refractivity contribution in [2.45, 2.75) is 6.54 Å². The summed E-state index contributed by atoms with van der Waals surface area (Å²) in [6.07, 6.45) is 0. The van der Waals surface area contributed by atoms with Gasteiger partial charge >= 0.3 is 5.97 Å². The number of methoxy groups -OCH3 is 3. The van der Waals surface area contributed by atoms with Gasteiger partial charge in [0.25, 0.3) is 0 Å². The van der Waals surface area contributed by atoms with Crippen LogP contribution < -0.4 is 9.47 Å². The van der Waals surface area contributed by atoms with E-state index in [-0.39, 0.29) is 5.97 Å².